The van der Waals surface area contributed by atoms with Crippen LogP contribution in [0.3, 0.4) is 0 Å². The van der Waals surface area contributed by atoms with Crippen molar-refractivity contribution in [3.05, 3.63) is 84.2 Å². The van der Waals surface area contributed by atoms with Crippen LogP contribution in [0.25, 0.3) is 22.3 Å². The molecule has 0 fully saturated rings. The molecule has 7 heterocycles. The Kier molecular flexibility index (Phi) is 9.94. The highest BCUT2D eigenvalue weighted by atomic mass is 19.1. The van der Waals surface area contributed by atoms with E-state index < -0.39 is 11.6 Å². The summed E-state index contributed by atoms with van der Waals surface area (Å²) in [6, 6.07) is 8.63. The molecule has 2 bridgehead atoms. The number of nitrogens with zero attached hydrogens (tertiary/aromatic N) is 7. The molecule has 0 saturated carbocycles. The summed E-state index contributed by atoms with van der Waals surface area (Å²) in [4.78, 5) is 40.7. The van der Waals surface area contributed by atoms with Crippen molar-refractivity contribution < 1.29 is 23.0 Å². The Morgan fingerprint density at radius 1 is 1.04 bits per heavy atom. The molecule has 0 aromatic carbocycles. The number of rotatable bonds is 6. The van der Waals surface area contributed by atoms with Crippen LogP contribution in [0.5, 0.6) is 11.8 Å². The predicted octanol–water partition coefficient (Wildman–Crippen LogP) is 4.87. The van der Waals surface area contributed by atoms with Gasteiger partial charge in [0, 0.05) is 17.2 Å². The highest BCUT2D eigenvalue weighted by Crippen LogP contribution is 2.28. The number of hydrogen-bond acceptors (Lipinski definition) is 12. The maximum absolute atomic E-state index is 13.7. The summed E-state index contributed by atoms with van der Waals surface area (Å²) in [5.74, 6) is 0.950. The molecule has 1 aliphatic rings. The average Bonchev–Trinajstić information content (AvgIpc) is 3.74. The van der Waals surface area contributed by atoms with Gasteiger partial charge in [0.2, 0.25) is 11.8 Å². The van der Waals surface area contributed by atoms with Gasteiger partial charge in [-0.1, -0.05) is 0 Å². The van der Waals surface area contributed by atoms with Gasteiger partial charge >= 0.3 is 6.03 Å². The molecular formula is C33H36F2N12O3. The molecule has 0 aliphatic carbocycles. The van der Waals surface area contributed by atoms with Crippen molar-refractivity contribution in [2.45, 2.75) is 51.9 Å². The molecule has 1 amide bonds. The Labute approximate surface area is 285 Å². The fourth-order valence-corrected chi connectivity index (χ4v) is 5.11. The van der Waals surface area contributed by atoms with Gasteiger partial charge in [0.1, 0.15) is 48.3 Å². The largest absolute Gasteiger partial charge is 0.476 e. The Bertz CT molecular complexity index is 2120. The lowest BCUT2D eigenvalue weighted by molar-refractivity contribution is 0.225. The summed E-state index contributed by atoms with van der Waals surface area (Å²) < 4.78 is 40.0. The topological polar surface area (TPSA) is 196 Å². The second kappa shape index (κ2) is 14.7. The number of ether oxygens (including phenoxy) is 2. The fourth-order valence-electron chi connectivity index (χ4n) is 5.11. The molecule has 6 N–H and O–H groups in total. The van der Waals surface area contributed by atoms with Crippen LogP contribution in [0, 0.1) is 11.6 Å². The number of nitrogens with one attached hydrogen (secondary N) is 4. The third-order valence-corrected chi connectivity index (χ3v) is 7.57. The Balaban J connectivity index is 0.000000174. The van der Waals surface area contributed by atoms with E-state index in [2.05, 4.69) is 50.8 Å². The van der Waals surface area contributed by atoms with Crippen molar-refractivity contribution in [3.63, 3.8) is 0 Å². The van der Waals surface area contributed by atoms with Crippen molar-refractivity contribution in [2.75, 3.05) is 23.8 Å². The highest BCUT2D eigenvalue weighted by Gasteiger charge is 2.20. The van der Waals surface area contributed by atoms with Crippen LogP contribution in [-0.4, -0.2) is 70.8 Å². The number of anilines is 2. The summed E-state index contributed by atoms with van der Waals surface area (Å²) in [6.07, 6.45) is 5.25. The molecular weight excluding hydrogens is 650 g/mol. The third kappa shape index (κ3) is 7.84. The van der Waals surface area contributed by atoms with Gasteiger partial charge in [0.25, 0.3) is 0 Å². The van der Waals surface area contributed by atoms with Crippen LogP contribution < -0.4 is 31.2 Å². The third-order valence-electron chi connectivity index (χ3n) is 7.57. The van der Waals surface area contributed by atoms with Crippen molar-refractivity contribution in [2.24, 2.45) is 5.73 Å². The van der Waals surface area contributed by atoms with Gasteiger partial charge in [-0.3, -0.25) is 0 Å². The number of fused-ring (bicyclic) bond motifs is 3. The van der Waals surface area contributed by atoms with Gasteiger partial charge in [0.05, 0.1) is 42.4 Å². The number of aromatic amines is 1. The van der Waals surface area contributed by atoms with Gasteiger partial charge in [-0.25, -0.2) is 48.0 Å². The van der Waals surface area contributed by atoms with E-state index in [0.717, 1.165) is 17.9 Å². The van der Waals surface area contributed by atoms with Crippen molar-refractivity contribution in [1.29, 1.82) is 0 Å². The van der Waals surface area contributed by atoms with Crippen molar-refractivity contribution in [3.8, 4) is 11.8 Å². The van der Waals surface area contributed by atoms with E-state index in [-0.39, 0.29) is 36.8 Å². The molecule has 6 aromatic heterocycles. The normalized spacial score (nSPS) is 17.1. The number of amides is 1. The number of halogens is 2. The lowest BCUT2D eigenvalue weighted by atomic mass is 10.1. The SMILES string of the molecule is CC(Nc1ccc2[nH]cnc2n1)c1cc(F)cnc1OC[C@H](C)N.CC1Nc2ccc3ncn(c3n2)C(=O)N[C@@H](C)COc2ncc(F)cc21. The molecule has 6 aromatic rings. The molecule has 260 valence electrons. The standard InChI is InChI=1S/C17H17FN6O2.C16H19FN6O/c1-9-7-26-16-12(5-11(18)6-19-16)10(2)22-14-4-3-13-15(23-14)24(8-20-13)17(25)21-9;1-9(18)7-24-16-12(5-11(17)6-19-16)10(2)22-14-4-3-13-15(23-14)21-8-20-13/h3-6,8-10H,7H2,1-2H3,(H,21,25)(H,22,23);3-6,8-10H,7,18H2,1-2H3,(H2,20,21,22,23)/t2*9-,10?/m00/s1. The zero-order valence-corrected chi connectivity index (χ0v) is 27.7. The number of hydrogen-bond donors (Lipinski definition) is 5. The quantitative estimate of drug-likeness (QED) is 0.160. The number of carbonyl (C=O) groups is 1. The molecule has 1 aliphatic heterocycles. The summed E-state index contributed by atoms with van der Waals surface area (Å²) in [5.41, 5.74) is 9.36. The van der Waals surface area contributed by atoms with Gasteiger partial charge in [-0.2, -0.15) is 0 Å². The molecule has 15 nitrogen and oxygen atoms in total. The Hall–Kier alpha value is -5.97. The number of nitrogens with two attached hydrogens (primary N) is 1. The molecule has 4 atom stereocenters. The summed E-state index contributed by atoms with van der Waals surface area (Å²) in [7, 11) is 0. The van der Waals surface area contributed by atoms with Gasteiger partial charge < -0.3 is 36.1 Å². The minimum atomic E-state index is -0.451. The highest BCUT2D eigenvalue weighted by molar-refractivity contribution is 5.87. The first-order valence-electron chi connectivity index (χ1n) is 15.8. The molecule has 0 radical (unpaired) electrons. The summed E-state index contributed by atoms with van der Waals surface area (Å²) in [6.45, 7) is 7.86. The molecule has 7 rings (SSSR count). The van der Waals surface area contributed by atoms with Crippen LogP contribution in [0.1, 0.15) is 50.9 Å². The number of aromatic nitrogens is 8. The first kappa shape index (κ1) is 33.9. The maximum Gasteiger partial charge on any atom is 0.328 e. The molecule has 17 heteroatoms. The van der Waals surface area contributed by atoms with Crippen molar-refractivity contribution >= 4 is 40.0 Å². The van der Waals surface area contributed by atoms with E-state index in [1.165, 1.54) is 23.0 Å². The molecule has 0 spiro atoms. The molecule has 2 unspecified atom stereocenters. The Morgan fingerprint density at radius 3 is 2.66 bits per heavy atom. The van der Waals surface area contributed by atoms with E-state index in [4.69, 9.17) is 15.2 Å². The van der Waals surface area contributed by atoms with E-state index in [9.17, 15) is 13.6 Å². The van der Waals surface area contributed by atoms with E-state index in [0.29, 0.717) is 57.9 Å². The van der Waals surface area contributed by atoms with E-state index in [1.807, 2.05) is 32.9 Å². The van der Waals surface area contributed by atoms with Crippen molar-refractivity contribution in [1.82, 2.24) is 44.8 Å². The zero-order chi connectivity index (χ0) is 35.4. The van der Waals surface area contributed by atoms with Gasteiger partial charge in [-0.15, -0.1) is 0 Å². The second-order valence-corrected chi connectivity index (χ2v) is 11.9. The lowest BCUT2D eigenvalue weighted by Gasteiger charge is -2.19. The van der Waals surface area contributed by atoms with Crippen LogP contribution in [0.2, 0.25) is 0 Å². The lowest BCUT2D eigenvalue weighted by Crippen LogP contribution is -2.39. The maximum atomic E-state index is 13.7. The van der Waals surface area contributed by atoms with E-state index in [1.54, 1.807) is 25.4 Å². The van der Waals surface area contributed by atoms with Crippen LogP contribution in [0.4, 0.5) is 25.2 Å². The first-order chi connectivity index (χ1) is 24.0. The number of H-pyrrole nitrogens is 1. The second-order valence-electron chi connectivity index (χ2n) is 11.9. The Morgan fingerprint density at radius 2 is 1.84 bits per heavy atom. The molecule has 50 heavy (non-hydrogen) atoms. The minimum Gasteiger partial charge on any atom is -0.476 e. The van der Waals surface area contributed by atoms with Crippen LogP contribution in [-0.2, 0) is 0 Å². The minimum absolute atomic E-state index is 0.142. The summed E-state index contributed by atoms with van der Waals surface area (Å²) >= 11 is 0. The van der Waals surface area contributed by atoms with Gasteiger partial charge in [0.15, 0.2) is 11.3 Å². The van der Waals surface area contributed by atoms with Crippen LogP contribution >= 0.6 is 0 Å². The average molecular weight is 687 g/mol. The smallest absolute Gasteiger partial charge is 0.328 e. The number of carbonyl (C=O) groups excluding carboxylic acids is 1. The number of imidazole rings is 2. The summed E-state index contributed by atoms with van der Waals surface area (Å²) in [5, 5.41) is 9.23. The zero-order valence-electron chi connectivity index (χ0n) is 27.7. The first-order valence-corrected chi connectivity index (χ1v) is 15.8. The molecule has 0 saturated heterocycles. The van der Waals surface area contributed by atoms with Gasteiger partial charge in [-0.05, 0) is 64.1 Å². The van der Waals surface area contributed by atoms with Crippen LogP contribution in [0.15, 0.2) is 61.4 Å². The predicted molar refractivity (Wildman–Crippen MR) is 182 cm³/mol. The number of pyridine rings is 4. The fraction of sp³-hybridized carbons (Fsp3) is 0.303. The monoisotopic (exact) mass is 686 g/mol. The van der Waals surface area contributed by atoms with E-state index >= 15 is 0 Å².